The number of amides is 2. The first-order valence-corrected chi connectivity index (χ1v) is 13.8. The normalized spacial score (nSPS) is 20.5. The lowest BCUT2D eigenvalue weighted by Gasteiger charge is -2.42. The van der Waals surface area contributed by atoms with E-state index in [0.717, 1.165) is 22.3 Å². The van der Waals surface area contributed by atoms with Gasteiger partial charge in [0.05, 0.1) is 0 Å². The van der Waals surface area contributed by atoms with E-state index >= 15 is 0 Å². The zero-order chi connectivity index (χ0) is 28.2. The molecule has 0 saturated heterocycles. The Morgan fingerprint density at radius 2 is 1.56 bits per heavy atom. The van der Waals surface area contributed by atoms with Gasteiger partial charge in [0.15, 0.2) is 0 Å². The van der Waals surface area contributed by atoms with Crippen LogP contribution >= 0.6 is 0 Å². The van der Waals surface area contributed by atoms with E-state index in [9.17, 15) is 14.4 Å². The number of ether oxygens (including phenoxy) is 2. The van der Waals surface area contributed by atoms with Crippen LogP contribution in [0.3, 0.4) is 0 Å². The molecule has 0 radical (unpaired) electrons. The van der Waals surface area contributed by atoms with Gasteiger partial charge in [-0.25, -0.2) is 9.59 Å². The summed E-state index contributed by atoms with van der Waals surface area (Å²) < 4.78 is 11.4. The molecule has 210 valence electrons. The van der Waals surface area contributed by atoms with Crippen molar-refractivity contribution in [1.29, 1.82) is 0 Å². The van der Waals surface area contributed by atoms with Crippen LogP contribution in [-0.4, -0.2) is 58.5 Å². The monoisotopic (exact) mass is 536 g/mol. The Morgan fingerprint density at radius 3 is 2.10 bits per heavy atom. The number of hydrogen-bond donors (Lipinski definition) is 2. The van der Waals surface area contributed by atoms with Crippen molar-refractivity contribution >= 4 is 18.2 Å². The van der Waals surface area contributed by atoms with Gasteiger partial charge in [-0.3, -0.25) is 4.79 Å². The maximum Gasteiger partial charge on any atom is 0.410 e. The molecule has 1 saturated carbocycles. The van der Waals surface area contributed by atoms with Gasteiger partial charge in [-0.1, -0.05) is 48.5 Å². The average Bonchev–Trinajstić information content (AvgIpc) is 3.18. The lowest BCUT2D eigenvalue weighted by Crippen LogP contribution is -2.53. The molecule has 2 aromatic carbocycles. The van der Waals surface area contributed by atoms with Gasteiger partial charge in [-0.2, -0.15) is 0 Å². The smallest absolute Gasteiger partial charge is 0.410 e. The summed E-state index contributed by atoms with van der Waals surface area (Å²) in [5, 5.41) is 12.2. The summed E-state index contributed by atoms with van der Waals surface area (Å²) in [4.78, 5) is 38.7. The molecular weight excluding hydrogens is 496 g/mol. The van der Waals surface area contributed by atoms with Crippen molar-refractivity contribution in [2.24, 2.45) is 0 Å². The van der Waals surface area contributed by atoms with Gasteiger partial charge in [-0.05, 0) is 82.1 Å². The minimum atomic E-state index is -0.889. The molecule has 0 atom stereocenters. The Morgan fingerprint density at radius 1 is 1.00 bits per heavy atom. The number of carbonyl (C=O) groups is 3. The first kappa shape index (κ1) is 28.5. The molecule has 2 amide bonds. The second-order valence-electron chi connectivity index (χ2n) is 11.9. The number of carboxylic acid groups (broad SMARTS) is 1. The van der Waals surface area contributed by atoms with Crippen molar-refractivity contribution in [2.45, 2.75) is 89.3 Å². The zero-order valence-electron chi connectivity index (χ0n) is 23.4. The number of fused-ring (bicyclic) bond motifs is 3. The van der Waals surface area contributed by atoms with Crippen LogP contribution in [0.5, 0.6) is 0 Å². The summed E-state index contributed by atoms with van der Waals surface area (Å²) in [5.41, 5.74) is 3.60. The summed E-state index contributed by atoms with van der Waals surface area (Å²) in [6.07, 6.45) is 2.15. The van der Waals surface area contributed by atoms with Gasteiger partial charge in [-0.15, -0.1) is 0 Å². The van der Waals surface area contributed by atoms with E-state index in [4.69, 9.17) is 14.6 Å². The van der Waals surface area contributed by atoms with Crippen molar-refractivity contribution in [1.82, 2.24) is 10.2 Å². The molecule has 0 heterocycles. The first-order chi connectivity index (χ1) is 18.5. The van der Waals surface area contributed by atoms with Crippen molar-refractivity contribution in [3.05, 3.63) is 59.7 Å². The minimum absolute atomic E-state index is 0.0161. The summed E-state index contributed by atoms with van der Waals surface area (Å²) in [7, 11) is 0. The molecule has 2 N–H and O–H groups in total. The van der Waals surface area contributed by atoms with E-state index < -0.39 is 29.3 Å². The Hall–Kier alpha value is -3.55. The number of carbonyl (C=O) groups excluding carboxylic acids is 2. The fourth-order valence-electron chi connectivity index (χ4n) is 5.73. The molecule has 2 aromatic rings. The summed E-state index contributed by atoms with van der Waals surface area (Å²) in [6.45, 7) is 8.01. The third-order valence-electron chi connectivity index (χ3n) is 7.66. The highest BCUT2D eigenvalue weighted by atomic mass is 16.6. The van der Waals surface area contributed by atoms with E-state index in [0.29, 0.717) is 38.6 Å². The van der Waals surface area contributed by atoms with E-state index in [1.807, 2.05) is 52.0 Å². The van der Waals surface area contributed by atoms with Crippen LogP contribution in [0.1, 0.15) is 83.3 Å². The number of benzene rings is 2. The molecular formula is C31H40N2O6. The highest BCUT2D eigenvalue weighted by Crippen LogP contribution is 2.44. The number of nitrogens with one attached hydrogen (secondary N) is 1. The topological polar surface area (TPSA) is 105 Å². The van der Waals surface area contributed by atoms with Crippen LogP contribution in [0, 0.1) is 0 Å². The molecule has 8 nitrogen and oxygen atoms in total. The van der Waals surface area contributed by atoms with Crippen molar-refractivity contribution in [2.75, 3.05) is 13.2 Å². The fraction of sp³-hybridized carbons (Fsp3) is 0.516. The lowest BCUT2D eigenvalue weighted by molar-refractivity contribution is -0.137. The second kappa shape index (κ2) is 11.7. The molecule has 2 aliphatic rings. The number of hydrogen-bond acceptors (Lipinski definition) is 5. The molecule has 4 rings (SSSR count). The Labute approximate surface area is 230 Å². The average molecular weight is 537 g/mol. The molecule has 2 aliphatic carbocycles. The SMILES string of the molecule is CC1(NC(=O)OC(C)(C)C)CCC(N(CCCC(=O)O)C(=O)OCC2c3ccccc3-c3ccccc32)CC1. The van der Waals surface area contributed by atoms with Gasteiger partial charge in [0.25, 0.3) is 0 Å². The van der Waals surface area contributed by atoms with Crippen LogP contribution in [-0.2, 0) is 14.3 Å². The Bertz CT molecular complexity index is 1150. The Kier molecular flexibility index (Phi) is 8.52. The lowest BCUT2D eigenvalue weighted by atomic mass is 9.80. The third kappa shape index (κ3) is 7.11. The van der Waals surface area contributed by atoms with Gasteiger partial charge in [0, 0.05) is 30.5 Å². The number of nitrogens with zero attached hydrogens (tertiary/aromatic N) is 1. The van der Waals surface area contributed by atoms with Crippen LogP contribution in [0.25, 0.3) is 11.1 Å². The van der Waals surface area contributed by atoms with Crippen LogP contribution in [0.4, 0.5) is 9.59 Å². The second-order valence-corrected chi connectivity index (χ2v) is 11.9. The number of rotatable bonds is 8. The molecule has 0 unspecified atom stereocenters. The summed E-state index contributed by atoms with van der Waals surface area (Å²) in [6, 6.07) is 16.3. The fourth-order valence-corrected chi connectivity index (χ4v) is 5.73. The van der Waals surface area contributed by atoms with Gasteiger partial charge < -0.3 is 24.8 Å². The van der Waals surface area contributed by atoms with E-state index in [1.165, 1.54) is 0 Å². The predicted molar refractivity (Wildman–Crippen MR) is 149 cm³/mol. The molecule has 0 aromatic heterocycles. The van der Waals surface area contributed by atoms with Crippen molar-refractivity contribution in [3.8, 4) is 11.1 Å². The summed E-state index contributed by atoms with van der Waals surface area (Å²) in [5.74, 6) is -0.935. The molecule has 1 fully saturated rings. The minimum Gasteiger partial charge on any atom is -0.481 e. The number of carboxylic acids is 1. The van der Waals surface area contributed by atoms with Crippen molar-refractivity contribution in [3.63, 3.8) is 0 Å². The first-order valence-electron chi connectivity index (χ1n) is 13.8. The highest BCUT2D eigenvalue weighted by Gasteiger charge is 2.38. The molecule has 39 heavy (non-hydrogen) atoms. The Balaban J connectivity index is 1.41. The van der Waals surface area contributed by atoms with Gasteiger partial charge in [0.1, 0.15) is 12.2 Å². The standard InChI is InChI=1S/C31H40N2O6/c1-30(2,3)39-28(36)32-31(4)17-15-21(16-18-31)33(19-9-14-27(34)35)29(37)38-20-26-24-12-7-5-10-22(24)23-11-6-8-13-25(23)26/h5-8,10-13,21,26H,9,14-20H2,1-4H3,(H,32,36)(H,34,35). The van der Waals surface area contributed by atoms with E-state index in [-0.39, 0.29) is 25.0 Å². The van der Waals surface area contributed by atoms with Crippen LogP contribution < -0.4 is 5.32 Å². The van der Waals surface area contributed by atoms with E-state index in [2.05, 4.69) is 29.6 Å². The van der Waals surface area contributed by atoms with Crippen LogP contribution in [0.2, 0.25) is 0 Å². The summed E-state index contributed by atoms with van der Waals surface area (Å²) >= 11 is 0. The molecule has 8 heteroatoms. The van der Waals surface area contributed by atoms with Gasteiger partial charge >= 0.3 is 18.2 Å². The largest absolute Gasteiger partial charge is 0.481 e. The van der Waals surface area contributed by atoms with Crippen LogP contribution in [0.15, 0.2) is 48.5 Å². The quantitative estimate of drug-likeness (QED) is 0.409. The van der Waals surface area contributed by atoms with E-state index in [1.54, 1.807) is 4.90 Å². The molecule has 0 spiro atoms. The number of alkyl carbamates (subject to hydrolysis) is 1. The number of aliphatic carboxylic acids is 1. The van der Waals surface area contributed by atoms with Crippen molar-refractivity contribution < 1.29 is 29.0 Å². The van der Waals surface area contributed by atoms with Gasteiger partial charge in [0.2, 0.25) is 0 Å². The highest BCUT2D eigenvalue weighted by molar-refractivity contribution is 5.79. The maximum atomic E-state index is 13.5. The maximum absolute atomic E-state index is 13.5. The molecule has 0 bridgehead atoms. The third-order valence-corrected chi connectivity index (χ3v) is 7.66. The zero-order valence-corrected chi connectivity index (χ0v) is 23.4. The predicted octanol–water partition coefficient (Wildman–Crippen LogP) is 6.33. The molecule has 0 aliphatic heterocycles.